The van der Waals surface area contributed by atoms with Crippen LogP contribution in [0.5, 0.6) is 0 Å². The van der Waals surface area contributed by atoms with Gasteiger partial charge in [0.1, 0.15) is 0 Å². The number of likely N-dealkylation sites (tertiary alicyclic amines) is 1. The predicted octanol–water partition coefficient (Wildman–Crippen LogP) is 2.93. The van der Waals surface area contributed by atoms with Crippen LogP contribution in [0.2, 0.25) is 0 Å². The number of hydrogen-bond donors (Lipinski definition) is 2. The number of carbonyl (C=O) groups excluding carboxylic acids is 2. The van der Waals surface area contributed by atoms with E-state index in [-0.39, 0.29) is 16.4 Å². The Morgan fingerprint density at radius 1 is 1.03 bits per heavy atom. The molecule has 1 aliphatic heterocycles. The molecule has 0 atom stereocenters. The van der Waals surface area contributed by atoms with Gasteiger partial charge in [0.2, 0.25) is 5.91 Å². The molecule has 3 N–H and O–H groups in total. The highest BCUT2D eigenvalue weighted by atomic mass is 32.2. The average molecular weight is 434 g/mol. The molecule has 2 amide bonds. The van der Waals surface area contributed by atoms with Crippen molar-refractivity contribution < 1.29 is 18.0 Å². The van der Waals surface area contributed by atoms with Crippen LogP contribution in [0.15, 0.2) is 52.3 Å². The first kappa shape index (κ1) is 21.2. The zero-order valence-electron chi connectivity index (χ0n) is 16.1. The highest BCUT2D eigenvalue weighted by Crippen LogP contribution is 2.27. The van der Waals surface area contributed by atoms with E-state index >= 15 is 0 Å². The summed E-state index contributed by atoms with van der Waals surface area (Å²) in [6, 6.07) is 10.4. The lowest BCUT2D eigenvalue weighted by molar-refractivity contribution is 0.0720. The molecule has 1 aliphatic rings. The van der Waals surface area contributed by atoms with E-state index in [1.807, 2.05) is 6.26 Å². The molecule has 0 aromatic heterocycles. The van der Waals surface area contributed by atoms with Gasteiger partial charge in [0, 0.05) is 29.2 Å². The van der Waals surface area contributed by atoms with Crippen molar-refractivity contribution in [3.8, 4) is 0 Å². The molecule has 154 valence electrons. The van der Waals surface area contributed by atoms with Gasteiger partial charge in [-0.2, -0.15) is 0 Å². The number of piperidine rings is 1. The van der Waals surface area contributed by atoms with Crippen molar-refractivity contribution in [3.05, 3.63) is 53.6 Å². The molecule has 0 bridgehead atoms. The van der Waals surface area contributed by atoms with Gasteiger partial charge in [0.25, 0.3) is 15.9 Å². The van der Waals surface area contributed by atoms with Crippen LogP contribution in [0.25, 0.3) is 0 Å². The van der Waals surface area contributed by atoms with Crippen molar-refractivity contribution in [1.82, 2.24) is 4.90 Å². The summed E-state index contributed by atoms with van der Waals surface area (Å²) in [5, 5.41) is 0. The lowest BCUT2D eigenvalue weighted by atomic mass is 10.1. The highest BCUT2D eigenvalue weighted by molar-refractivity contribution is 7.98. The molecule has 0 aliphatic carbocycles. The molecule has 1 fully saturated rings. The minimum Gasteiger partial charge on any atom is -0.366 e. The molecule has 1 saturated heterocycles. The van der Waals surface area contributed by atoms with Gasteiger partial charge in [-0.15, -0.1) is 11.8 Å². The molecule has 0 unspecified atom stereocenters. The molecular formula is C20H23N3O4S2. The van der Waals surface area contributed by atoms with Gasteiger partial charge in [-0.1, -0.05) is 0 Å². The summed E-state index contributed by atoms with van der Waals surface area (Å²) in [5.41, 5.74) is 6.18. The normalized spacial score (nSPS) is 14.4. The molecule has 0 spiro atoms. The summed E-state index contributed by atoms with van der Waals surface area (Å²) in [5.74, 6) is -0.732. The summed E-state index contributed by atoms with van der Waals surface area (Å²) < 4.78 is 28.1. The summed E-state index contributed by atoms with van der Waals surface area (Å²) in [6.45, 7) is 1.38. The number of amides is 2. The van der Waals surface area contributed by atoms with E-state index in [1.54, 1.807) is 11.0 Å². The molecule has 7 nitrogen and oxygen atoms in total. The quantitative estimate of drug-likeness (QED) is 0.681. The second kappa shape index (κ2) is 8.87. The van der Waals surface area contributed by atoms with E-state index in [2.05, 4.69) is 4.72 Å². The molecule has 2 aromatic carbocycles. The Balaban J connectivity index is 1.88. The van der Waals surface area contributed by atoms with Gasteiger partial charge in [-0.25, -0.2) is 8.42 Å². The average Bonchev–Trinajstić information content (AvgIpc) is 2.73. The van der Waals surface area contributed by atoms with Crippen molar-refractivity contribution in [2.24, 2.45) is 5.73 Å². The predicted molar refractivity (Wildman–Crippen MR) is 114 cm³/mol. The van der Waals surface area contributed by atoms with E-state index in [1.165, 1.54) is 48.2 Å². The number of rotatable bonds is 6. The molecule has 0 radical (unpaired) electrons. The second-order valence-electron chi connectivity index (χ2n) is 6.76. The second-order valence-corrected chi connectivity index (χ2v) is 9.29. The lowest BCUT2D eigenvalue weighted by Crippen LogP contribution is -2.36. The first-order valence-corrected chi connectivity index (χ1v) is 11.9. The summed E-state index contributed by atoms with van der Waals surface area (Å²) in [4.78, 5) is 26.7. The molecule has 2 aromatic rings. The van der Waals surface area contributed by atoms with E-state index < -0.39 is 15.9 Å². The first-order valence-electron chi connectivity index (χ1n) is 9.22. The van der Waals surface area contributed by atoms with Crippen molar-refractivity contribution in [3.63, 3.8) is 0 Å². The fraction of sp³-hybridized carbons (Fsp3) is 0.300. The zero-order chi connectivity index (χ0) is 21.0. The highest BCUT2D eigenvalue weighted by Gasteiger charge is 2.24. The molecule has 1 heterocycles. The van der Waals surface area contributed by atoms with Crippen LogP contribution in [0.3, 0.4) is 0 Å². The largest absolute Gasteiger partial charge is 0.366 e. The van der Waals surface area contributed by atoms with Gasteiger partial charge >= 0.3 is 0 Å². The molecule has 3 rings (SSSR count). The fourth-order valence-corrected chi connectivity index (χ4v) is 4.86. The van der Waals surface area contributed by atoms with Crippen LogP contribution in [-0.2, 0) is 10.0 Å². The Hall–Kier alpha value is -2.52. The smallest absolute Gasteiger partial charge is 0.261 e. The van der Waals surface area contributed by atoms with Gasteiger partial charge in [0.05, 0.1) is 10.5 Å². The van der Waals surface area contributed by atoms with Crippen LogP contribution in [0.1, 0.15) is 40.0 Å². The van der Waals surface area contributed by atoms with Crippen molar-refractivity contribution in [2.45, 2.75) is 29.1 Å². The van der Waals surface area contributed by atoms with Crippen molar-refractivity contribution >= 4 is 39.3 Å². The number of sulfonamides is 1. The standard InChI is InChI=1S/C20H23N3O4S2/c1-28-18-10-9-16(13-17(18)20(25)23-11-3-2-4-12-23)29(26,27)22-15-7-5-14(6-8-15)19(21)24/h5-10,13,22H,2-4,11-12H2,1H3,(H2,21,24). The SMILES string of the molecule is CSc1ccc(S(=O)(=O)Nc2ccc(C(N)=O)cc2)cc1C(=O)N1CCCCC1. The lowest BCUT2D eigenvalue weighted by Gasteiger charge is -2.27. The van der Waals surface area contributed by atoms with Gasteiger partial charge in [0.15, 0.2) is 0 Å². The summed E-state index contributed by atoms with van der Waals surface area (Å²) in [6.07, 6.45) is 4.88. The third-order valence-corrected chi connectivity index (χ3v) is 6.95. The summed E-state index contributed by atoms with van der Waals surface area (Å²) >= 11 is 1.41. The Bertz CT molecular complexity index is 1010. The minimum atomic E-state index is -3.90. The topological polar surface area (TPSA) is 110 Å². The Morgan fingerprint density at radius 3 is 2.28 bits per heavy atom. The number of nitrogens with one attached hydrogen (secondary N) is 1. The van der Waals surface area contributed by atoms with Gasteiger partial charge < -0.3 is 10.6 Å². The van der Waals surface area contributed by atoms with Crippen LogP contribution < -0.4 is 10.5 Å². The number of carbonyl (C=O) groups is 2. The van der Waals surface area contributed by atoms with E-state index in [0.29, 0.717) is 24.3 Å². The van der Waals surface area contributed by atoms with Crippen LogP contribution >= 0.6 is 11.8 Å². The maximum Gasteiger partial charge on any atom is 0.261 e. The zero-order valence-corrected chi connectivity index (χ0v) is 17.7. The Morgan fingerprint density at radius 2 is 1.69 bits per heavy atom. The van der Waals surface area contributed by atoms with Crippen molar-refractivity contribution in [1.29, 1.82) is 0 Å². The molecule has 29 heavy (non-hydrogen) atoms. The Labute approximate surface area is 174 Å². The molecule has 9 heteroatoms. The Kier molecular flexibility index (Phi) is 6.49. The van der Waals surface area contributed by atoms with Gasteiger partial charge in [-0.3, -0.25) is 14.3 Å². The monoisotopic (exact) mass is 433 g/mol. The maximum atomic E-state index is 13.0. The first-order chi connectivity index (χ1) is 13.8. The van der Waals surface area contributed by atoms with Crippen LogP contribution in [0.4, 0.5) is 5.69 Å². The molecular weight excluding hydrogens is 410 g/mol. The number of hydrogen-bond acceptors (Lipinski definition) is 5. The van der Waals surface area contributed by atoms with E-state index in [0.717, 1.165) is 24.2 Å². The number of benzene rings is 2. The van der Waals surface area contributed by atoms with Gasteiger partial charge in [-0.05, 0) is 68.0 Å². The number of anilines is 1. The number of nitrogens with zero attached hydrogens (tertiary/aromatic N) is 1. The maximum absolute atomic E-state index is 13.0. The third-order valence-electron chi connectivity index (χ3n) is 4.78. The number of nitrogens with two attached hydrogens (primary N) is 1. The van der Waals surface area contributed by atoms with E-state index in [4.69, 9.17) is 5.73 Å². The number of primary amides is 1. The van der Waals surface area contributed by atoms with Crippen molar-refractivity contribution in [2.75, 3.05) is 24.1 Å². The summed E-state index contributed by atoms with van der Waals surface area (Å²) in [7, 11) is -3.90. The number of thioether (sulfide) groups is 1. The fourth-order valence-electron chi connectivity index (χ4n) is 3.21. The minimum absolute atomic E-state index is 0.00892. The molecule has 0 saturated carbocycles. The third kappa shape index (κ3) is 4.91. The van der Waals surface area contributed by atoms with Crippen LogP contribution in [-0.4, -0.2) is 44.5 Å². The van der Waals surface area contributed by atoms with Crippen LogP contribution in [0, 0.1) is 0 Å². The van der Waals surface area contributed by atoms with E-state index in [9.17, 15) is 18.0 Å².